The number of likely N-dealkylation sites (tertiary alicyclic amines) is 1. The molecule has 2 aromatic carbocycles. The Hall–Kier alpha value is -3.40. The lowest BCUT2D eigenvalue weighted by Gasteiger charge is -2.34. The van der Waals surface area contributed by atoms with Crippen LogP contribution in [0.5, 0.6) is 5.75 Å². The molecule has 0 spiro atoms. The van der Waals surface area contributed by atoms with Gasteiger partial charge in [0.15, 0.2) is 5.78 Å². The highest BCUT2D eigenvalue weighted by Gasteiger charge is 2.32. The van der Waals surface area contributed by atoms with Crippen molar-refractivity contribution in [3.8, 4) is 5.75 Å². The summed E-state index contributed by atoms with van der Waals surface area (Å²) in [4.78, 5) is 37.8. The number of benzene rings is 2. The first kappa shape index (κ1) is 23.3. The monoisotopic (exact) mass is 447 g/mol. The Labute approximate surface area is 183 Å². The van der Waals surface area contributed by atoms with Gasteiger partial charge >= 0.3 is 0 Å². The molecule has 0 bridgehead atoms. The number of Topliss-reactive ketones (excluding diaryl/α,β-unsaturated/α-hetero) is 1. The number of nitrogens with one attached hydrogen (secondary N) is 1. The first-order valence-corrected chi connectivity index (χ1v) is 10.1. The Kier molecular flexibility index (Phi) is 7.14. The Morgan fingerprint density at radius 3 is 2.50 bits per heavy atom. The summed E-state index contributed by atoms with van der Waals surface area (Å²) < 4.78 is 32.3. The van der Waals surface area contributed by atoms with E-state index in [4.69, 9.17) is 4.74 Å². The third-order valence-electron chi connectivity index (χ3n) is 5.68. The van der Waals surface area contributed by atoms with Gasteiger partial charge in [0.25, 0.3) is 5.69 Å². The molecule has 1 atom stereocenters. The molecule has 1 unspecified atom stereocenters. The Balaban J connectivity index is 1.62. The number of hydrogen-bond acceptors (Lipinski definition) is 6. The van der Waals surface area contributed by atoms with E-state index in [1.54, 1.807) is 6.92 Å². The number of anilines is 1. The van der Waals surface area contributed by atoms with Crippen LogP contribution in [0.25, 0.3) is 0 Å². The first-order valence-electron chi connectivity index (χ1n) is 10.1. The molecule has 170 valence electrons. The van der Waals surface area contributed by atoms with Crippen molar-refractivity contribution in [2.24, 2.45) is 5.92 Å². The summed E-state index contributed by atoms with van der Waals surface area (Å²) in [7, 11) is 1.39. The molecule has 1 saturated heterocycles. The number of halogens is 2. The van der Waals surface area contributed by atoms with Gasteiger partial charge in [-0.15, -0.1) is 0 Å². The normalized spacial score (nSPS) is 15.8. The van der Waals surface area contributed by atoms with E-state index in [2.05, 4.69) is 5.32 Å². The summed E-state index contributed by atoms with van der Waals surface area (Å²) >= 11 is 0. The minimum atomic E-state index is -0.757. The van der Waals surface area contributed by atoms with Gasteiger partial charge in [-0.1, -0.05) is 0 Å². The van der Waals surface area contributed by atoms with Crippen LogP contribution in [0.3, 0.4) is 0 Å². The molecule has 1 N–H and O–H groups in total. The maximum atomic E-state index is 13.9. The highest BCUT2D eigenvalue weighted by molar-refractivity contribution is 5.98. The van der Waals surface area contributed by atoms with Crippen molar-refractivity contribution in [1.82, 2.24) is 4.90 Å². The second-order valence-corrected chi connectivity index (χ2v) is 7.60. The second kappa shape index (κ2) is 9.82. The van der Waals surface area contributed by atoms with Crippen LogP contribution in [0.4, 0.5) is 20.2 Å². The van der Waals surface area contributed by atoms with E-state index < -0.39 is 40.2 Å². The number of nitro benzene ring substituents is 1. The standard InChI is InChI=1S/C22H23F2N3O5/c1-13(22(29)25-19-6-4-16(32-2)12-20(19)27(30)31)26-9-7-14(8-10-26)21(28)17-11-15(23)3-5-18(17)24/h3-6,11-14H,7-10H2,1-2H3,(H,25,29). The molecule has 1 heterocycles. The number of nitro groups is 1. The number of ketones is 1. The fourth-order valence-electron chi connectivity index (χ4n) is 3.75. The molecule has 0 radical (unpaired) electrons. The molecule has 0 aromatic heterocycles. The second-order valence-electron chi connectivity index (χ2n) is 7.60. The van der Waals surface area contributed by atoms with Crippen molar-refractivity contribution >= 4 is 23.1 Å². The molecule has 2 aromatic rings. The highest BCUT2D eigenvalue weighted by Crippen LogP contribution is 2.30. The van der Waals surface area contributed by atoms with Crippen LogP contribution in [0.15, 0.2) is 36.4 Å². The predicted octanol–water partition coefficient (Wildman–Crippen LogP) is 3.80. The number of nitrogens with zero attached hydrogens (tertiary/aromatic N) is 2. The van der Waals surface area contributed by atoms with Gasteiger partial charge < -0.3 is 10.1 Å². The Morgan fingerprint density at radius 1 is 1.19 bits per heavy atom. The van der Waals surface area contributed by atoms with Gasteiger partial charge in [-0.25, -0.2) is 8.78 Å². The topological polar surface area (TPSA) is 102 Å². The third-order valence-corrected chi connectivity index (χ3v) is 5.68. The molecule has 8 nitrogen and oxygen atoms in total. The number of ether oxygens (including phenoxy) is 1. The van der Waals surface area contributed by atoms with Crippen LogP contribution < -0.4 is 10.1 Å². The van der Waals surface area contributed by atoms with Gasteiger partial charge in [-0.2, -0.15) is 0 Å². The number of piperidine rings is 1. The summed E-state index contributed by atoms with van der Waals surface area (Å²) in [5.41, 5.74) is -0.494. The molecule has 0 aliphatic carbocycles. The van der Waals surface area contributed by atoms with Gasteiger partial charge in [0, 0.05) is 5.92 Å². The maximum absolute atomic E-state index is 13.9. The molecule has 1 aliphatic rings. The van der Waals surface area contributed by atoms with Gasteiger partial charge in [-0.3, -0.25) is 24.6 Å². The van der Waals surface area contributed by atoms with Crippen LogP contribution in [-0.4, -0.2) is 47.8 Å². The van der Waals surface area contributed by atoms with Crippen LogP contribution >= 0.6 is 0 Å². The van der Waals surface area contributed by atoms with E-state index in [-0.39, 0.29) is 16.9 Å². The number of rotatable bonds is 7. The van der Waals surface area contributed by atoms with Crippen LogP contribution in [0, 0.1) is 27.7 Å². The van der Waals surface area contributed by atoms with Crippen LogP contribution in [-0.2, 0) is 4.79 Å². The Morgan fingerprint density at radius 2 is 1.88 bits per heavy atom. The van der Waals surface area contributed by atoms with E-state index in [0.29, 0.717) is 31.7 Å². The van der Waals surface area contributed by atoms with Crippen LogP contribution in [0.1, 0.15) is 30.1 Å². The zero-order valence-corrected chi connectivity index (χ0v) is 17.6. The lowest BCUT2D eigenvalue weighted by molar-refractivity contribution is -0.384. The number of carbonyl (C=O) groups is 2. The first-order chi connectivity index (χ1) is 15.2. The molecule has 10 heteroatoms. The summed E-state index contributed by atoms with van der Waals surface area (Å²) in [6, 6.07) is 6.32. The fraction of sp³-hybridized carbons (Fsp3) is 0.364. The van der Waals surface area contributed by atoms with Crippen molar-refractivity contribution < 1.29 is 28.0 Å². The third kappa shape index (κ3) is 5.08. The summed E-state index contributed by atoms with van der Waals surface area (Å²) in [5, 5.41) is 13.9. The summed E-state index contributed by atoms with van der Waals surface area (Å²) in [6.07, 6.45) is 0.768. The molecule has 1 fully saturated rings. The number of hydrogen-bond donors (Lipinski definition) is 1. The zero-order chi connectivity index (χ0) is 23.4. The van der Waals surface area contributed by atoms with Crippen molar-refractivity contribution in [1.29, 1.82) is 0 Å². The van der Waals surface area contributed by atoms with E-state index in [1.807, 2.05) is 4.90 Å². The van der Waals surface area contributed by atoms with Crippen molar-refractivity contribution in [2.75, 3.05) is 25.5 Å². The van der Waals surface area contributed by atoms with Gasteiger partial charge in [0.05, 0.1) is 29.7 Å². The quantitative estimate of drug-likeness (QED) is 0.394. The van der Waals surface area contributed by atoms with E-state index in [0.717, 1.165) is 18.2 Å². The molecule has 0 saturated carbocycles. The van der Waals surface area contributed by atoms with Crippen molar-refractivity contribution in [3.05, 3.63) is 63.7 Å². The van der Waals surface area contributed by atoms with E-state index in [1.165, 1.54) is 25.3 Å². The van der Waals surface area contributed by atoms with Gasteiger partial charge in [-0.05, 0) is 63.2 Å². The molecule has 1 aliphatic heterocycles. The van der Waals surface area contributed by atoms with Crippen molar-refractivity contribution in [2.45, 2.75) is 25.8 Å². The minimum Gasteiger partial charge on any atom is -0.496 e. The maximum Gasteiger partial charge on any atom is 0.296 e. The molecule has 3 rings (SSSR count). The Bertz CT molecular complexity index is 1040. The molecule has 32 heavy (non-hydrogen) atoms. The minimum absolute atomic E-state index is 0.0549. The predicted molar refractivity (Wildman–Crippen MR) is 113 cm³/mol. The average molecular weight is 447 g/mol. The van der Waals surface area contributed by atoms with Gasteiger partial charge in [0.1, 0.15) is 23.1 Å². The van der Waals surface area contributed by atoms with E-state index >= 15 is 0 Å². The molecular weight excluding hydrogens is 424 g/mol. The summed E-state index contributed by atoms with van der Waals surface area (Å²) in [5.74, 6) is -2.49. The lowest BCUT2D eigenvalue weighted by Crippen LogP contribution is -2.47. The highest BCUT2D eigenvalue weighted by atomic mass is 19.1. The van der Waals surface area contributed by atoms with Gasteiger partial charge in [0.2, 0.25) is 5.91 Å². The molecular formula is C22H23F2N3O5. The van der Waals surface area contributed by atoms with Crippen molar-refractivity contribution in [3.63, 3.8) is 0 Å². The average Bonchev–Trinajstić information content (AvgIpc) is 2.79. The number of methoxy groups -OCH3 is 1. The SMILES string of the molecule is COc1ccc(NC(=O)C(C)N2CCC(C(=O)c3cc(F)ccc3F)CC2)c([N+](=O)[O-])c1. The largest absolute Gasteiger partial charge is 0.496 e. The smallest absolute Gasteiger partial charge is 0.296 e. The fourth-order valence-corrected chi connectivity index (χ4v) is 3.75. The molecule has 1 amide bonds. The number of amides is 1. The summed E-state index contributed by atoms with van der Waals surface area (Å²) in [6.45, 7) is 2.46. The lowest BCUT2D eigenvalue weighted by atomic mass is 9.88. The zero-order valence-electron chi connectivity index (χ0n) is 17.6. The number of carbonyl (C=O) groups excluding carboxylic acids is 2. The van der Waals surface area contributed by atoms with Crippen LogP contribution in [0.2, 0.25) is 0 Å². The van der Waals surface area contributed by atoms with E-state index in [9.17, 15) is 28.5 Å².